The van der Waals surface area contributed by atoms with E-state index in [1.807, 2.05) is 27.7 Å². The van der Waals surface area contributed by atoms with E-state index in [1.54, 1.807) is 11.8 Å². The summed E-state index contributed by atoms with van der Waals surface area (Å²) in [6.45, 7) is 9.11. The summed E-state index contributed by atoms with van der Waals surface area (Å²) < 4.78 is 11.0. The average molecular weight is 324 g/mol. The summed E-state index contributed by atoms with van der Waals surface area (Å²) in [5.41, 5.74) is 4.78. The van der Waals surface area contributed by atoms with Gasteiger partial charge in [0.15, 0.2) is 0 Å². The van der Waals surface area contributed by atoms with Gasteiger partial charge in [0.25, 0.3) is 0 Å². The summed E-state index contributed by atoms with van der Waals surface area (Å²) in [5.74, 6) is 1.44. The Bertz CT molecular complexity index is 255. The van der Waals surface area contributed by atoms with Crippen molar-refractivity contribution >= 4 is 11.8 Å². The number of thioether (sulfide) groups is 1. The van der Waals surface area contributed by atoms with E-state index in [0.29, 0.717) is 25.4 Å². The van der Waals surface area contributed by atoms with Crippen LogP contribution in [0, 0.1) is 0 Å². The Kier molecular flexibility index (Phi) is 11.7. The maximum Gasteiger partial charge on any atom is 0.113 e. The summed E-state index contributed by atoms with van der Waals surface area (Å²) in [4.78, 5) is 0. The Hall–Kier alpha value is 0.110. The molecule has 6 nitrogen and oxygen atoms in total. The normalized spacial score (nSPS) is 15.4. The Morgan fingerprint density at radius 3 is 2.43 bits per heavy atom. The third-order valence-electron chi connectivity index (χ3n) is 2.59. The Morgan fingerprint density at radius 2 is 1.86 bits per heavy atom. The predicted octanol–water partition coefficient (Wildman–Crippen LogP) is 0.167. The number of aliphatic hydroxyl groups excluding tert-OH is 2. The van der Waals surface area contributed by atoms with Gasteiger partial charge in [-0.3, -0.25) is 5.32 Å². The fourth-order valence-corrected chi connectivity index (χ4v) is 2.13. The largest absolute Gasteiger partial charge is 0.390 e. The minimum absolute atomic E-state index is 0.102. The second-order valence-electron chi connectivity index (χ2n) is 5.76. The topological polar surface area (TPSA) is 97.0 Å². The highest BCUT2D eigenvalue weighted by Crippen LogP contribution is 2.08. The van der Waals surface area contributed by atoms with Crippen LogP contribution in [-0.4, -0.2) is 72.1 Å². The number of nitrogens with one attached hydrogen (secondary N) is 1. The summed E-state index contributed by atoms with van der Waals surface area (Å²) in [6.07, 6.45) is -0.998. The smallest absolute Gasteiger partial charge is 0.113 e. The molecule has 7 heteroatoms. The van der Waals surface area contributed by atoms with Crippen molar-refractivity contribution in [3.63, 3.8) is 0 Å². The third kappa shape index (κ3) is 13.5. The fraction of sp³-hybridized carbons (Fsp3) is 1.00. The molecule has 0 heterocycles. The van der Waals surface area contributed by atoms with Crippen LogP contribution in [0.3, 0.4) is 0 Å². The minimum Gasteiger partial charge on any atom is -0.390 e. The van der Waals surface area contributed by atoms with Crippen LogP contribution in [0.1, 0.15) is 27.7 Å². The van der Waals surface area contributed by atoms with E-state index in [1.165, 1.54) is 0 Å². The monoisotopic (exact) mass is 324 g/mol. The van der Waals surface area contributed by atoms with Gasteiger partial charge >= 0.3 is 0 Å². The highest BCUT2D eigenvalue weighted by atomic mass is 32.2. The molecule has 128 valence electrons. The van der Waals surface area contributed by atoms with E-state index in [0.717, 1.165) is 5.75 Å². The molecule has 0 aromatic rings. The fourth-order valence-electron chi connectivity index (χ4n) is 1.43. The molecule has 0 saturated heterocycles. The first-order chi connectivity index (χ1) is 9.76. The molecule has 0 aliphatic rings. The zero-order valence-corrected chi connectivity index (χ0v) is 14.5. The van der Waals surface area contributed by atoms with Crippen LogP contribution in [0.5, 0.6) is 0 Å². The lowest BCUT2D eigenvalue weighted by Gasteiger charge is -2.29. The second kappa shape index (κ2) is 11.6. The van der Waals surface area contributed by atoms with Gasteiger partial charge in [-0.2, -0.15) is 11.8 Å². The van der Waals surface area contributed by atoms with Crippen molar-refractivity contribution in [3.05, 3.63) is 0 Å². The Morgan fingerprint density at radius 1 is 1.19 bits per heavy atom. The standard InChI is InChI=1S/C14H32N2O4S/c1-11(2)19-8-12(17)7-16-14(3,4)20-9-13(18)10-21-6-5-15/h11-13,16-18H,5-10,15H2,1-4H3. The lowest BCUT2D eigenvalue weighted by Crippen LogP contribution is -2.47. The van der Waals surface area contributed by atoms with Crippen molar-refractivity contribution < 1.29 is 19.7 Å². The lowest BCUT2D eigenvalue weighted by atomic mass is 10.2. The van der Waals surface area contributed by atoms with E-state index in [-0.39, 0.29) is 12.7 Å². The van der Waals surface area contributed by atoms with E-state index < -0.39 is 17.9 Å². The minimum atomic E-state index is -0.613. The van der Waals surface area contributed by atoms with Crippen LogP contribution in [0.2, 0.25) is 0 Å². The van der Waals surface area contributed by atoms with Gasteiger partial charge in [-0.05, 0) is 27.7 Å². The van der Waals surface area contributed by atoms with Gasteiger partial charge in [-0.25, -0.2) is 0 Å². The molecular weight excluding hydrogens is 292 g/mol. The summed E-state index contributed by atoms with van der Waals surface area (Å²) in [5, 5.41) is 22.7. The van der Waals surface area contributed by atoms with E-state index in [2.05, 4.69) is 5.32 Å². The van der Waals surface area contributed by atoms with Crippen molar-refractivity contribution in [2.75, 3.05) is 37.8 Å². The molecule has 0 saturated carbocycles. The first-order valence-electron chi connectivity index (χ1n) is 7.41. The molecule has 21 heavy (non-hydrogen) atoms. The highest BCUT2D eigenvalue weighted by Gasteiger charge is 2.20. The van der Waals surface area contributed by atoms with Crippen molar-refractivity contribution in [2.45, 2.75) is 51.7 Å². The molecule has 0 spiro atoms. The number of rotatable bonds is 13. The molecule has 5 N–H and O–H groups in total. The first-order valence-corrected chi connectivity index (χ1v) is 8.57. The van der Waals surface area contributed by atoms with E-state index >= 15 is 0 Å². The lowest BCUT2D eigenvalue weighted by molar-refractivity contribution is -0.0814. The summed E-state index contributed by atoms with van der Waals surface area (Å²) >= 11 is 1.61. The van der Waals surface area contributed by atoms with Gasteiger partial charge in [-0.15, -0.1) is 0 Å². The maximum atomic E-state index is 9.78. The predicted molar refractivity (Wildman–Crippen MR) is 87.5 cm³/mol. The van der Waals surface area contributed by atoms with Crippen molar-refractivity contribution in [1.82, 2.24) is 5.32 Å². The van der Waals surface area contributed by atoms with Gasteiger partial charge in [0, 0.05) is 24.6 Å². The van der Waals surface area contributed by atoms with Crippen LogP contribution >= 0.6 is 11.8 Å². The van der Waals surface area contributed by atoms with Gasteiger partial charge in [-0.1, -0.05) is 0 Å². The van der Waals surface area contributed by atoms with Crippen LogP contribution in [-0.2, 0) is 9.47 Å². The van der Waals surface area contributed by atoms with E-state index in [4.69, 9.17) is 15.2 Å². The van der Waals surface area contributed by atoms with Crippen LogP contribution in [0.15, 0.2) is 0 Å². The molecule has 0 aliphatic carbocycles. The van der Waals surface area contributed by atoms with Gasteiger partial charge in [0.1, 0.15) is 5.72 Å². The number of nitrogens with two attached hydrogens (primary N) is 1. The molecule has 0 rings (SSSR count). The average Bonchev–Trinajstić information content (AvgIpc) is 2.41. The van der Waals surface area contributed by atoms with Gasteiger partial charge in [0.05, 0.1) is 31.5 Å². The molecule has 0 radical (unpaired) electrons. The zero-order valence-electron chi connectivity index (χ0n) is 13.7. The van der Waals surface area contributed by atoms with Crippen molar-refractivity contribution in [3.8, 4) is 0 Å². The van der Waals surface area contributed by atoms with Crippen LogP contribution in [0.25, 0.3) is 0 Å². The molecule has 2 atom stereocenters. The van der Waals surface area contributed by atoms with Crippen molar-refractivity contribution in [1.29, 1.82) is 0 Å². The number of aliphatic hydroxyl groups is 2. The molecule has 0 fully saturated rings. The molecule has 2 unspecified atom stereocenters. The summed E-state index contributed by atoms with van der Waals surface area (Å²) in [7, 11) is 0. The molecule has 0 aromatic heterocycles. The molecular formula is C14H32N2O4S. The molecule has 0 aliphatic heterocycles. The summed E-state index contributed by atoms with van der Waals surface area (Å²) in [6, 6.07) is 0. The zero-order chi connectivity index (χ0) is 16.3. The third-order valence-corrected chi connectivity index (χ3v) is 3.74. The van der Waals surface area contributed by atoms with Crippen LogP contribution in [0.4, 0.5) is 0 Å². The molecule has 0 amide bonds. The SMILES string of the molecule is CC(C)OCC(O)CNC(C)(C)OCC(O)CSCCN. The molecule has 0 aromatic carbocycles. The van der Waals surface area contributed by atoms with Gasteiger partial charge in [0.2, 0.25) is 0 Å². The number of ether oxygens (including phenoxy) is 2. The Labute approximate surface area is 132 Å². The van der Waals surface area contributed by atoms with Crippen LogP contribution < -0.4 is 11.1 Å². The number of hydrogen-bond acceptors (Lipinski definition) is 7. The quantitative estimate of drug-likeness (QED) is 0.283. The second-order valence-corrected chi connectivity index (χ2v) is 6.91. The maximum absolute atomic E-state index is 9.78. The first kappa shape index (κ1) is 21.1. The highest BCUT2D eigenvalue weighted by molar-refractivity contribution is 7.99. The van der Waals surface area contributed by atoms with E-state index in [9.17, 15) is 10.2 Å². The van der Waals surface area contributed by atoms with Gasteiger partial charge < -0.3 is 25.4 Å². The number of hydrogen-bond donors (Lipinski definition) is 4. The Balaban J connectivity index is 3.81. The van der Waals surface area contributed by atoms with Crippen molar-refractivity contribution in [2.24, 2.45) is 5.73 Å². The molecule has 0 bridgehead atoms.